The molecule has 0 aliphatic carbocycles. The lowest BCUT2D eigenvalue weighted by Crippen LogP contribution is -2.24. The first-order valence-electron chi connectivity index (χ1n) is 8.35. The summed E-state index contributed by atoms with van der Waals surface area (Å²) in [7, 11) is 0. The van der Waals surface area contributed by atoms with Crippen molar-refractivity contribution in [3.05, 3.63) is 101 Å². The number of fused-ring (bicyclic) bond motifs is 1. The summed E-state index contributed by atoms with van der Waals surface area (Å²) in [5.41, 5.74) is 3.15. The molecule has 3 aromatic carbocycles. The van der Waals surface area contributed by atoms with Crippen LogP contribution in [0.2, 0.25) is 0 Å². The fourth-order valence-electron chi connectivity index (χ4n) is 2.94. The van der Waals surface area contributed by atoms with Gasteiger partial charge >= 0.3 is 0 Å². The molecule has 0 radical (unpaired) electrons. The lowest BCUT2D eigenvalue weighted by Gasteiger charge is -2.07. The number of benzene rings is 3. The Bertz CT molecular complexity index is 1130. The van der Waals surface area contributed by atoms with E-state index in [1.807, 2.05) is 48.5 Å². The number of nitrogens with zero attached hydrogens (tertiary/aromatic N) is 2. The maximum atomic E-state index is 12.6. The van der Waals surface area contributed by atoms with E-state index in [0.717, 1.165) is 11.1 Å². The molecule has 0 amide bonds. The molecule has 0 atom stereocenters. The number of ketones is 1. The van der Waals surface area contributed by atoms with Crippen LogP contribution < -0.4 is 5.56 Å². The van der Waals surface area contributed by atoms with Gasteiger partial charge in [0.05, 0.1) is 23.8 Å². The minimum absolute atomic E-state index is 0.0264. The van der Waals surface area contributed by atoms with Crippen molar-refractivity contribution in [2.24, 2.45) is 0 Å². The number of para-hydroxylation sites is 1. The van der Waals surface area contributed by atoms with Crippen molar-refractivity contribution in [2.45, 2.75) is 6.54 Å². The fourth-order valence-corrected chi connectivity index (χ4v) is 2.94. The van der Waals surface area contributed by atoms with E-state index in [1.165, 1.54) is 10.9 Å². The second-order valence-electron chi connectivity index (χ2n) is 6.06. The Labute approximate surface area is 150 Å². The average molecular weight is 340 g/mol. The van der Waals surface area contributed by atoms with Gasteiger partial charge in [-0.15, -0.1) is 0 Å². The molecule has 0 unspecified atom stereocenters. The van der Waals surface area contributed by atoms with Crippen LogP contribution in [-0.2, 0) is 6.54 Å². The highest BCUT2D eigenvalue weighted by Gasteiger charge is 2.10. The topological polar surface area (TPSA) is 52.0 Å². The molecule has 4 aromatic rings. The fraction of sp³-hybridized carbons (Fsp3) is 0.0455. The molecule has 0 fully saturated rings. The summed E-state index contributed by atoms with van der Waals surface area (Å²) in [4.78, 5) is 29.3. The van der Waals surface area contributed by atoms with Crippen LogP contribution in [-0.4, -0.2) is 15.3 Å². The van der Waals surface area contributed by atoms with Crippen LogP contribution in [0.5, 0.6) is 0 Å². The van der Waals surface area contributed by atoms with Crippen molar-refractivity contribution in [1.82, 2.24) is 9.55 Å². The van der Waals surface area contributed by atoms with E-state index in [-0.39, 0.29) is 17.9 Å². The van der Waals surface area contributed by atoms with Gasteiger partial charge in [-0.1, -0.05) is 66.7 Å². The predicted molar refractivity (Wildman–Crippen MR) is 102 cm³/mol. The summed E-state index contributed by atoms with van der Waals surface area (Å²) >= 11 is 0. The Morgan fingerprint density at radius 1 is 0.808 bits per heavy atom. The Kier molecular flexibility index (Phi) is 4.15. The molecule has 0 spiro atoms. The number of Topliss-reactive ketones (excluding diaryl/α,β-unsaturated/α-hetero) is 1. The van der Waals surface area contributed by atoms with Gasteiger partial charge in [0.25, 0.3) is 5.56 Å². The molecule has 4 nitrogen and oxygen atoms in total. The van der Waals surface area contributed by atoms with Crippen LogP contribution in [0.15, 0.2) is 90.0 Å². The number of hydrogen-bond donors (Lipinski definition) is 0. The molecule has 0 bridgehead atoms. The summed E-state index contributed by atoms with van der Waals surface area (Å²) in [6.45, 7) is -0.0264. The zero-order valence-electron chi connectivity index (χ0n) is 14.0. The van der Waals surface area contributed by atoms with Crippen molar-refractivity contribution in [3.63, 3.8) is 0 Å². The van der Waals surface area contributed by atoms with E-state index < -0.39 is 0 Å². The van der Waals surface area contributed by atoms with Gasteiger partial charge in [-0.25, -0.2) is 4.98 Å². The van der Waals surface area contributed by atoms with Gasteiger partial charge in [-0.2, -0.15) is 0 Å². The van der Waals surface area contributed by atoms with Crippen LogP contribution in [0.3, 0.4) is 0 Å². The van der Waals surface area contributed by atoms with E-state index in [2.05, 4.69) is 4.98 Å². The largest absolute Gasteiger partial charge is 0.292 e. The first-order chi connectivity index (χ1) is 12.7. The smallest absolute Gasteiger partial charge is 0.261 e. The number of rotatable bonds is 4. The van der Waals surface area contributed by atoms with Crippen molar-refractivity contribution >= 4 is 16.7 Å². The van der Waals surface area contributed by atoms with Gasteiger partial charge in [-0.3, -0.25) is 14.2 Å². The van der Waals surface area contributed by atoms with E-state index >= 15 is 0 Å². The number of carbonyl (C=O) groups is 1. The number of hydrogen-bond acceptors (Lipinski definition) is 3. The molecule has 126 valence electrons. The average Bonchev–Trinajstić information content (AvgIpc) is 2.71. The molecule has 0 N–H and O–H groups in total. The summed E-state index contributed by atoms with van der Waals surface area (Å²) in [6.07, 6.45) is 1.43. The maximum absolute atomic E-state index is 12.6. The molecule has 26 heavy (non-hydrogen) atoms. The van der Waals surface area contributed by atoms with Gasteiger partial charge in [0.2, 0.25) is 0 Å². The number of carbonyl (C=O) groups excluding carboxylic acids is 1. The second-order valence-corrected chi connectivity index (χ2v) is 6.06. The highest BCUT2D eigenvalue weighted by atomic mass is 16.1. The molecular weight excluding hydrogens is 324 g/mol. The predicted octanol–water partition coefficient (Wildman–Crippen LogP) is 3.95. The molecule has 0 aliphatic heterocycles. The molecule has 0 saturated heterocycles. The molecule has 0 saturated carbocycles. The lowest BCUT2D eigenvalue weighted by atomic mass is 10.0. The zero-order chi connectivity index (χ0) is 17.9. The third kappa shape index (κ3) is 3.05. The van der Waals surface area contributed by atoms with Gasteiger partial charge in [0, 0.05) is 5.56 Å². The number of aromatic nitrogens is 2. The minimum atomic E-state index is -0.204. The van der Waals surface area contributed by atoms with Crippen LogP contribution in [0.25, 0.3) is 22.0 Å². The van der Waals surface area contributed by atoms with Crippen LogP contribution in [0.4, 0.5) is 0 Å². The SMILES string of the molecule is O=C(Cn1cnc2ccccc2c1=O)c1ccc(-c2ccccc2)cc1. The van der Waals surface area contributed by atoms with Gasteiger partial charge in [-0.05, 0) is 23.3 Å². The maximum Gasteiger partial charge on any atom is 0.261 e. The molecule has 1 heterocycles. The van der Waals surface area contributed by atoms with Crippen molar-refractivity contribution in [1.29, 1.82) is 0 Å². The monoisotopic (exact) mass is 340 g/mol. The summed E-state index contributed by atoms with van der Waals surface area (Å²) in [6, 6.07) is 24.5. The molecular formula is C22H16N2O2. The summed E-state index contributed by atoms with van der Waals surface area (Å²) in [5, 5.41) is 0.516. The third-order valence-corrected chi connectivity index (χ3v) is 4.36. The zero-order valence-corrected chi connectivity index (χ0v) is 14.0. The van der Waals surface area contributed by atoms with E-state index in [1.54, 1.807) is 30.3 Å². The highest BCUT2D eigenvalue weighted by molar-refractivity contribution is 5.96. The van der Waals surface area contributed by atoms with Crippen molar-refractivity contribution < 1.29 is 4.79 Å². The normalized spacial score (nSPS) is 10.8. The van der Waals surface area contributed by atoms with Gasteiger partial charge < -0.3 is 0 Å². The first kappa shape index (κ1) is 16.0. The molecule has 0 aliphatic rings. The minimum Gasteiger partial charge on any atom is -0.292 e. The van der Waals surface area contributed by atoms with E-state index in [4.69, 9.17) is 0 Å². The molecule has 1 aromatic heterocycles. The Morgan fingerprint density at radius 3 is 2.23 bits per heavy atom. The van der Waals surface area contributed by atoms with Crippen molar-refractivity contribution in [2.75, 3.05) is 0 Å². The quantitative estimate of drug-likeness (QED) is 0.529. The van der Waals surface area contributed by atoms with Crippen LogP contribution in [0.1, 0.15) is 10.4 Å². The van der Waals surface area contributed by atoms with Crippen molar-refractivity contribution in [3.8, 4) is 11.1 Å². The molecule has 4 rings (SSSR count). The van der Waals surface area contributed by atoms with Crippen LogP contribution in [0, 0.1) is 0 Å². The van der Waals surface area contributed by atoms with E-state index in [0.29, 0.717) is 16.5 Å². The van der Waals surface area contributed by atoms with Gasteiger partial charge in [0.1, 0.15) is 0 Å². The standard InChI is InChI=1S/C22H16N2O2/c25-21(14-24-15-23-20-9-5-4-8-19(20)22(24)26)18-12-10-17(11-13-18)16-6-2-1-3-7-16/h1-13,15H,14H2. The highest BCUT2D eigenvalue weighted by Crippen LogP contribution is 2.19. The van der Waals surface area contributed by atoms with Crippen LogP contribution >= 0.6 is 0 Å². The third-order valence-electron chi connectivity index (χ3n) is 4.36. The lowest BCUT2D eigenvalue weighted by molar-refractivity contribution is 0.0970. The second kappa shape index (κ2) is 6.76. The van der Waals surface area contributed by atoms with E-state index in [9.17, 15) is 9.59 Å². The Morgan fingerprint density at radius 2 is 1.46 bits per heavy atom. The summed E-state index contributed by atoms with van der Waals surface area (Å²) < 4.78 is 1.36. The molecule has 4 heteroatoms. The Balaban J connectivity index is 1.59. The van der Waals surface area contributed by atoms with Gasteiger partial charge in [0.15, 0.2) is 5.78 Å². The Hall–Kier alpha value is -3.53. The summed E-state index contributed by atoms with van der Waals surface area (Å²) in [5.74, 6) is -0.121. The first-order valence-corrected chi connectivity index (χ1v) is 8.35.